The normalized spacial score (nSPS) is 20.1. The predicted molar refractivity (Wildman–Crippen MR) is 46.4 cm³/mol. The molecule has 0 saturated carbocycles. The summed E-state index contributed by atoms with van der Waals surface area (Å²) in [4.78, 5) is 2.31. The lowest BCUT2D eigenvalue weighted by molar-refractivity contribution is 0.0592. The van der Waals surface area contributed by atoms with E-state index in [1.165, 1.54) is 0 Å². The summed E-state index contributed by atoms with van der Waals surface area (Å²) in [6.45, 7) is 8.23. The molecule has 0 aromatic rings. The van der Waals surface area contributed by atoms with Gasteiger partial charge in [-0.05, 0) is 12.1 Å². The van der Waals surface area contributed by atoms with Crippen molar-refractivity contribution < 1.29 is 4.74 Å². The number of hydrogen-bond donors (Lipinski definition) is 0. The van der Waals surface area contributed by atoms with E-state index < -0.39 is 0 Å². The molecule has 0 N–H and O–H groups in total. The quantitative estimate of drug-likeness (QED) is 0.599. The summed E-state index contributed by atoms with van der Waals surface area (Å²) in [5.74, 6) is 0.651. The van der Waals surface area contributed by atoms with Crippen molar-refractivity contribution in [2.75, 3.05) is 26.3 Å². The summed E-state index contributed by atoms with van der Waals surface area (Å²) in [6, 6.07) is 0. The number of nitrogens with zero attached hydrogens (tertiary/aromatic N) is 1. The summed E-state index contributed by atoms with van der Waals surface area (Å²) in [6.07, 6.45) is 4.42. The molecule has 1 aliphatic rings. The minimum absolute atomic E-state index is 0.651. The molecule has 1 aliphatic heterocycles. The Morgan fingerprint density at radius 3 is 2.45 bits per heavy atom. The van der Waals surface area contributed by atoms with Crippen LogP contribution < -0.4 is 0 Å². The minimum Gasteiger partial charge on any atom is -0.378 e. The monoisotopic (exact) mass is 155 g/mol. The first-order chi connectivity index (χ1) is 5.29. The van der Waals surface area contributed by atoms with Gasteiger partial charge < -0.3 is 9.64 Å². The first-order valence-corrected chi connectivity index (χ1v) is 4.29. The average molecular weight is 155 g/mol. The van der Waals surface area contributed by atoms with E-state index in [-0.39, 0.29) is 0 Å². The van der Waals surface area contributed by atoms with Gasteiger partial charge in [-0.3, -0.25) is 0 Å². The summed E-state index contributed by atoms with van der Waals surface area (Å²) < 4.78 is 5.23. The van der Waals surface area contributed by atoms with Gasteiger partial charge in [-0.15, -0.1) is 0 Å². The van der Waals surface area contributed by atoms with Crippen LogP contribution in [0.25, 0.3) is 0 Å². The molecule has 0 spiro atoms. The summed E-state index contributed by atoms with van der Waals surface area (Å²) in [5, 5.41) is 0. The average Bonchev–Trinajstić information content (AvgIpc) is 2.03. The largest absolute Gasteiger partial charge is 0.378 e. The molecule has 2 nitrogen and oxygen atoms in total. The SMILES string of the molecule is CC(C)/C=C\N1CCOCC1. The van der Waals surface area contributed by atoms with Gasteiger partial charge >= 0.3 is 0 Å². The van der Waals surface area contributed by atoms with E-state index in [1.807, 2.05) is 0 Å². The third kappa shape index (κ3) is 3.42. The van der Waals surface area contributed by atoms with E-state index in [2.05, 4.69) is 31.0 Å². The van der Waals surface area contributed by atoms with E-state index in [0.717, 1.165) is 26.3 Å². The zero-order chi connectivity index (χ0) is 8.10. The van der Waals surface area contributed by atoms with E-state index in [4.69, 9.17) is 4.74 Å². The molecule has 0 atom stereocenters. The molecule has 1 rings (SSSR count). The maximum Gasteiger partial charge on any atom is 0.0642 e. The first-order valence-electron chi connectivity index (χ1n) is 4.29. The maximum absolute atomic E-state index is 5.23. The molecule has 11 heavy (non-hydrogen) atoms. The number of rotatable bonds is 2. The molecule has 0 aromatic heterocycles. The lowest BCUT2D eigenvalue weighted by atomic mass is 10.2. The highest BCUT2D eigenvalue weighted by Crippen LogP contribution is 2.00. The Morgan fingerprint density at radius 1 is 1.27 bits per heavy atom. The standard InChI is InChI=1S/C9H17NO/c1-9(2)3-4-10-5-7-11-8-6-10/h3-4,9H,5-8H2,1-2H3/b4-3-. The van der Waals surface area contributed by atoms with Crippen LogP contribution in [0, 0.1) is 5.92 Å². The highest BCUT2D eigenvalue weighted by molar-refractivity contribution is 4.85. The first kappa shape index (κ1) is 8.60. The number of allylic oxidation sites excluding steroid dienone is 1. The fraction of sp³-hybridized carbons (Fsp3) is 0.778. The molecule has 0 aromatic carbocycles. The molecule has 0 unspecified atom stereocenters. The molecule has 1 saturated heterocycles. The van der Waals surface area contributed by atoms with Crippen molar-refractivity contribution in [3.8, 4) is 0 Å². The fourth-order valence-electron chi connectivity index (χ4n) is 1.02. The number of morpholine rings is 1. The van der Waals surface area contributed by atoms with E-state index in [0.29, 0.717) is 5.92 Å². The van der Waals surface area contributed by atoms with Crippen LogP contribution in [0.2, 0.25) is 0 Å². The van der Waals surface area contributed by atoms with Gasteiger partial charge in [0.05, 0.1) is 13.2 Å². The fourth-order valence-corrected chi connectivity index (χ4v) is 1.02. The Balaban J connectivity index is 2.23. The Bertz CT molecular complexity index is 126. The molecule has 0 amide bonds. The van der Waals surface area contributed by atoms with Gasteiger partial charge in [0.25, 0.3) is 0 Å². The van der Waals surface area contributed by atoms with Crippen molar-refractivity contribution >= 4 is 0 Å². The molecular weight excluding hydrogens is 138 g/mol. The lowest BCUT2D eigenvalue weighted by Gasteiger charge is -2.25. The minimum atomic E-state index is 0.651. The van der Waals surface area contributed by atoms with E-state index in [9.17, 15) is 0 Å². The number of ether oxygens (including phenoxy) is 1. The van der Waals surface area contributed by atoms with Crippen LogP contribution >= 0.6 is 0 Å². The maximum atomic E-state index is 5.23. The predicted octanol–water partition coefficient (Wildman–Crippen LogP) is 1.49. The van der Waals surface area contributed by atoms with Crippen molar-refractivity contribution in [2.45, 2.75) is 13.8 Å². The van der Waals surface area contributed by atoms with Crippen LogP contribution in [0.5, 0.6) is 0 Å². The molecule has 0 aliphatic carbocycles. The van der Waals surface area contributed by atoms with Crippen molar-refractivity contribution in [1.29, 1.82) is 0 Å². The van der Waals surface area contributed by atoms with Crippen LogP contribution in [-0.4, -0.2) is 31.2 Å². The summed E-state index contributed by atoms with van der Waals surface area (Å²) in [5.41, 5.74) is 0. The van der Waals surface area contributed by atoms with Gasteiger partial charge in [0.1, 0.15) is 0 Å². The molecular formula is C9H17NO. The topological polar surface area (TPSA) is 12.5 Å². The van der Waals surface area contributed by atoms with Crippen molar-refractivity contribution in [3.05, 3.63) is 12.3 Å². The zero-order valence-electron chi connectivity index (χ0n) is 7.42. The smallest absolute Gasteiger partial charge is 0.0642 e. The molecule has 1 fully saturated rings. The van der Waals surface area contributed by atoms with Crippen LogP contribution in [0.4, 0.5) is 0 Å². The van der Waals surface area contributed by atoms with Gasteiger partial charge in [-0.1, -0.05) is 19.9 Å². The Morgan fingerprint density at radius 2 is 1.91 bits per heavy atom. The molecule has 0 bridgehead atoms. The van der Waals surface area contributed by atoms with E-state index in [1.54, 1.807) is 0 Å². The van der Waals surface area contributed by atoms with Crippen LogP contribution in [0.1, 0.15) is 13.8 Å². The summed E-state index contributed by atoms with van der Waals surface area (Å²) >= 11 is 0. The van der Waals surface area contributed by atoms with Crippen LogP contribution in [0.15, 0.2) is 12.3 Å². The van der Waals surface area contributed by atoms with Gasteiger partial charge in [-0.25, -0.2) is 0 Å². The molecule has 1 heterocycles. The van der Waals surface area contributed by atoms with Crippen molar-refractivity contribution in [2.24, 2.45) is 5.92 Å². The number of hydrogen-bond acceptors (Lipinski definition) is 2. The van der Waals surface area contributed by atoms with Crippen molar-refractivity contribution in [3.63, 3.8) is 0 Å². The van der Waals surface area contributed by atoms with Gasteiger partial charge in [-0.2, -0.15) is 0 Å². The van der Waals surface area contributed by atoms with Gasteiger partial charge in [0, 0.05) is 13.1 Å². The summed E-state index contributed by atoms with van der Waals surface area (Å²) in [7, 11) is 0. The second-order valence-corrected chi connectivity index (χ2v) is 3.23. The van der Waals surface area contributed by atoms with Crippen molar-refractivity contribution in [1.82, 2.24) is 4.90 Å². The highest BCUT2D eigenvalue weighted by atomic mass is 16.5. The van der Waals surface area contributed by atoms with E-state index >= 15 is 0 Å². The molecule has 2 heteroatoms. The Kier molecular flexibility index (Phi) is 3.43. The lowest BCUT2D eigenvalue weighted by Crippen LogP contribution is -2.32. The van der Waals surface area contributed by atoms with Gasteiger partial charge in [0.15, 0.2) is 0 Å². The molecule has 64 valence electrons. The second-order valence-electron chi connectivity index (χ2n) is 3.23. The second kappa shape index (κ2) is 4.39. The van der Waals surface area contributed by atoms with Crippen LogP contribution in [0.3, 0.4) is 0 Å². The molecule has 0 radical (unpaired) electrons. The zero-order valence-corrected chi connectivity index (χ0v) is 7.42. The highest BCUT2D eigenvalue weighted by Gasteiger charge is 2.04. The Hall–Kier alpha value is -0.500. The van der Waals surface area contributed by atoms with Crippen LogP contribution in [-0.2, 0) is 4.74 Å². The Labute approximate surface area is 68.8 Å². The third-order valence-corrected chi connectivity index (χ3v) is 1.73. The van der Waals surface area contributed by atoms with Gasteiger partial charge in [0.2, 0.25) is 0 Å². The third-order valence-electron chi connectivity index (χ3n) is 1.73.